The summed E-state index contributed by atoms with van der Waals surface area (Å²) < 4.78 is -1.60. The number of benzene rings is 2. The molecule has 0 aliphatic carbocycles. The van der Waals surface area contributed by atoms with Crippen molar-refractivity contribution in [3.8, 4) is 0 Å². The third kappa shape index (κ3) is 3.95. The number of amides is 3. The Bertz CT molecular complexity index is 1350. The molecule has 2 fully saturated rings. The number of nitrogens with zero attached hydrogens (tertiary/aromatic N) is 3. The highest BCUT2D eigenvalue weighted by Gasteiger charge is 2.74. The zero-order valence-electron chi connectivity index (χ0n) is 22.1. The maximum atomic E-state index is 14.4. The average Bonchev–Trinajstić information content (AvgIpc) is 3.23. The van der Waals surface area contributed by atoms with Crippen molar-refractivity contribution < 1.29 is 19.5 Å². The number of rotatable bonds is 5. The summed E-state index contributed by atoms with van der Waals surface area (Å²) in [7, 11) is 0. The van der Waals surface area contributed by atoms with E-state index < -0.39 is 33.4 Å². The van der Waals surface area contributed by atoms with Crippen molar-refractivity contribution in [2.45, 2.75) is 42.0 Å². The first kappa shape index (κ1) is 25.9. The first-order chi connectivity index (χ1) is 18.8. The van der Waals surface area contributed by atoms with Gasteiger partial charge in [-0.15, -0.1) is 11.8 Å². The van der Waals surface area contributed by atoms with Crippen molar-refractivity contribution in [2.24, 2.45) is 11.8 Å². The summed E-state index contributed by atoms with van der Waals surface area (Å²) in [6, 6.07) is 17.9. The third-order valence-corrected chi connectivity index (χ3v) is 10.4. The number of likely N-dealkylation sites (tertiary alicyclic amines) is 1. The molecule has 4 heterocycles. The lowest BCUT2D eigenvalue weighted by molar-refractivity contribution is -0.145. The van der Waals surface area contributed by atoms with Gasteiger partial charge in [-0.25, -0.2) is 0 Å². The van der Waals surface area contributed by atoms with Gasteiger partial charge in [0, 0.05) is 30.1 Å². The van der Waals surface area contributed by atoms with Gasteiger partial charge < -0.3 is 19.8 Å². The SMILES string of the molecule is C[C@H](CO)N1C(=O)[C@@H]2[C@@H]3C(=O)N(c4ccccc4)CC=C[C@]3(C)S[C@@]23C=CCN(Cc2ccccc2)C(=O)C13. The number of hydrogen-bond acceptors (Lipinski definition) is 5. The van der Waals surface area contributed by atoms with Gasteiger partial charge in [0.05, 0.1) is 29.2 Å². The molecule has 0 aromatic heterocycles. The van der Waals surface area contributed by atoms with Crippen LogP contribution in [0.1, 0.15) is 19.4 Å². The molecular weight excluding hydrogens is 510 g/mol. The molecule has 2 saturated heterocycles. The predicted octanol–water partition coefficient (Wildman–Crippen LogP) is 3.26. The number of carbonyl (C=O) groups is 3. The van der Waals surface area contributed by atoms with Crippen molar-refractivity contribution in [3.63, 3.8) is 0 Å². The quantitative estimate of drug-likeness (QED) is 0.586. The maximum absolute atomic E-state index is 14.4. The normalized spacial score (nSPS) is 32.5. The predicted molar refractivity (Wildman–Crippen MR) is 152 cm³/mol. The van der Waals surface area contributed by atoms with E-state index in [1.54, 1.807) is 33.4 Å². The monoisotopic (exact) mass is 543 g/mol. The molecule has 6 atom stereocenters. The van der Waals surface area contributed by atoms with Gasteiger partial charge in [-0.1, -0.05) is 72.8 Å². The molecule has 8 heteroatoms. The minimum Gasteiger partial charge on any atom is -0.394 e. The second-order valence-electron chi connectivity index (χ2n) is 11.1. The van der Waals surface area contributed by atoms with Crippen LogP contribution in [0.5, 0.6) is 0 Å². The number of carbonyl (C=O) groups excluding carboxylic acids is 3. The number of anilines is 1. The summed E-state index contributed by atoms with van der Waals surface area (Å²) in [4.78, 5) is 48.2. The van der Waals surface area contributed by atoms with Crippen LogP contribution in [0, 0.1) is 11.8 Å². The molecule has 202 valence electrons. The van der Waals surface area contributed by atoms with Crippen LogP contribution in [0.2, 0.25) is 0 Å². The minimum absolute atomic E-state index is 0.111. The number of hydrogen-bond donors (Lipinski definition) is 1. The fraction of sp³-hybridized carbons (Fsp3) is 0.387. The van der Waals surface area contributed by atoms with Gasteiger partial charge >= 0.3 is 0 Å². The number of thioether (sulfide) groups is 1. The van der Waals surface area contributed by atoms with Crippen molar-refractivity contribution in [2.75, 3.05) is 24.6 Å². The van der Waals surface area contributed by atoms with Crippen LogP contribution < -0.4 is 4.90 Å². The van der Waals surface area contributed by atoms with Crippen LogP contribution in [0.4, 0.5) is 5.69 Å². The number of para-hydroxylation sites is 1. The molecule has 1 unspecified atom stereocenters. The lowest BCUT2D eigenvalue weighted by Gasteiger charge is -2.38. The molecule has 7 nitrogen and oxygen atoms in total. The number of aliphatic hydroxyl groups is 1. The first-order valence-corrected chi connectivity index (χ1v) is 14.3. The molecule has 3 amide bonds. The Kier molecular flexibility index (Phi) is 6.43. The van der Waals surface area contributed by atoms with Gasteiger partial charge in [0.25, 0.3) is 0 Å². The molecule has 6 rings (SSSR count). The van der Waals surface area contributed by atoms with E-state index in [9.17, 15) is 19.5 Å². The number of aliphatic hydroxyl groups excluding tert-OH is 1. The molecule has 4 aliphatic rings. The van der Waals surface area contributed by atoms with Crippen LogP contribution in [0.15, 0.2) is 85.0 Å². The van der Waals surface area contributed by atoms with Crippen molar-refractivity contribution in [1.82, 2.24) is 9.80 Å². The van der Waals surface area contributed by atoms with E-state index in [4.69, 9.17) is 0 Å². The van der Waals surface area contributed by atoms with E-state index in [1.165, 1.54) is 0 Å². The zero-order valence-corrected chi connectivity index (χ0v) is 23.0. The summed E-state index contributed by atoms with van der Waals surface area (Å²) in [5, 5.41) is 10.2. The fourth-order valence-electron chi connectivity index (χ4n) is 6.86. The lowest BCUT2D eigenvalue weighted by Crippen LogP contribution is -2.56. The average molecular weight is 544 g/mol. The summed E-state index contributed by atoms with van der Waals surface area (Å²) >= 11 is 1.56. The highest BCUT2D eigenvalue weighted by atomic mass is 32.2. The highest BCUT2D eigenvalue weighted by molar-refractivity contribution is 8.02. The van der Waals surface area contributed by atoms with Crippen LogP contribution in [-0.4, -0.2) is 73.9 Å². The number of fused-ring (bicyclic) bond motifs is 2. The third-order valence-electron chi connectivity index (χ3n) is 8.60. The van der Waals surface area contributed by atoms with E-state index in [0.29, 0.717) is 19.6 Å². The molecule has 0 saturated carbocycles. The molecular formula is C31H33N3O4S. The zero-order chi connectivity index (χ0) is 27.4. The van der Waals surface area contributed by atoms with Gasteiger partial charge in [-0.05, 0) is 31.5 Å². The van der Waals surface area contributed by atoms with E-state index in [2.05, 4.69) is 6.08 Å². The second-order valence-corrected chi connectivity index (χ2v) is 12.9. The highest BCUT2D eigenvalue weighted by Crippen LogP contribution is 2.65. The van der Waals surface area contributed by atoms with Crippen molar-refractivity contribution in [3.05, 3.63) is 90.5 Å². The van der Waals surface area contributed by atoms with Crippen LogP contribution in [0.25, 0.3) is 0 Å². The molecule has 1 N–H and O–H groups in total. The Balaban J connectivity index is 1.45. The Hall–Kier alpha value is -3.36. The minimum atomic E-state index is -0.928. The Labute approximate surface area is 233 Å². The molecule has 0 radical (unpaired) electrons. The van der Waals surface area contributed by atoms with E-state index in [-0.39, 0.29) is 24.3 Å². The first-order valence-electron chi connectivity index (χ1n) is 13.5. The van der Waals surface area contributed by atoms with Gasteiger partial charge in [0.2, 0.25) is 17.7 Å². The van der Waals surface area contributed by atoms with Gasteiger partial charge in [-0.2, -0.15) is 0 Å². The van der Waals surface area contributed by atoms with Crippen LogP contribution in [0.3, 0.4) is 0 Å². The maximum Gasteiger partial charge on any atom is 0.247 e. The van der Waals surface area contributed by atoms with E-state index in [1.807, 2.05) is 85.8 Å². The summed E-state index contributed by atoms with van der Waals surface area (Å²) in [5.74, 6) is -1.89. The standard InChI is InChI=1S/C31H33N3O4S/c1-21(20-35)34-26-29(38)32(19-22-11-5-3-6-12-22)17-10-16-31(26)25(28(34)37)24-27(36)33(23-13-7-4-8-14-23)18-9-15-30(24,2)39-31/h3-16,21,24-26,35H,17-20H2,1-2H3/t21-,24-,25+,26?,30+,31+/m1/s1. The smallest absolute Gasteiger partial charge is 0.247 e. The summed E-state index contributed by atoms with van der Waals surface area (Å²) in [5.41, 5.74) is 1.79. The molecule has 2 aromatic rings. The lowest BCUT2D eigenvalue weighted by atomic mass is 9.74. The Morgan fingerprint density at radius 2 is 1.56 bits per heavy atom. The molecule has 4 aliphatic heterocycles. The fourth-order valence-corrected chi connectivity index (χ4v) is 9.00. The molecule has 1 spiro atoms. The van der Waals surface area contributed by atoms with Crippen molar-refractivity contribution >= 4 is 35.2 Å². The topological polar surface area (TPSA) is 81.2 Å². The largest absolute Gasteiger partial charge is 0.394 e. The van der Waals surface area contributed by atoms with Crippen LogP contribution >= 0.6 is 11.8 Å². The Morgan fingerprint density at radius 3 is 2.26 bits per heavy atom. The van der Waals surface area contributed by atoms with E-state index in [0.717, 1.165) is 11.3 Å². The van der Waals surface area contributed by atoms with Crippen molar-refractivity contribution in [1.29, 1.82) is 0 Å². The van der Waals surface area contributed by atoms with Gasteiger partial charge in [0.1, 0.15) is 6.04 Å². The second kappa shape index (κ2) is 9.68. The van der Waals surface area contributed by atoms with Gasteiger partial charge in [-0.3, -0.25) is 14.4 Å². The summed E-state index contributed by atoms with van der Waals surface area (Å²) in [6.45, 7) is 4.78. The van der Waals surface area contributed by atoms with E-state index >= 15 is 0 Å². The van der Waals surface area contributed by atoms with Crippen LogP contribution in [-0.2, 0) is 20.9 Å². The Morgan fingerprint density at radius 1 is 0.897 bits per heavy atom. The van der Waals surface area contributed by atoms with Gasteiger partial charge in [0.15, 0.2) is 0 Å². The molecule has 2 aromatic carbocycles. The molecule has 0 bridgehead atoms. The summed E-state index contributed by atoms with van der Waals surface area (Å²) in [6.07, 6.45) is 8.07. The molecule has 39 heavy (non-hydrogen) atoms.